The molecule has 0 radical (unpaired) electrons. The number of hydrogen-bond donors (Lipinski definition) is 4. The van der Waals surface area contributed by atoms with Gasteiger partial charge in [0, 0.05) is 41.0 Å². The fourth-order valence-corrected chi connectivity index (χ4v) is 4.11. The molecule has 35 heavy (non-hydrogen) atoms. The number of benzene rings is 2. The summed E-state index contributed by atoms with van der Waals surface area (Å²) in [6, 6.07) is 16.1. The van der Waals surface area contributed by atoms with Gasteiger partial charge in [-0.05, 0) is 84.1 Å². The van der Waals surface area contributed by atoms with E-state index < -0.39 is 0 Å². The number of nitrogens with zero attached hydrogens (tertiary/aromatic N) is 1. The van der Waals surface area contributed by atoms with Crippen molar-refractivity contribution in [1.82, 2.24) is 10.3 Å². The Morgan fingerprint density at radius 1 is 1.00 bits per heavy atom. The maximum atomic E-state index is 13.1. The van der Waals surface area contributed by atoms with E-state index in [0.29, 0.717) is 35.0 Å². The fourth-order valence-electron chi connectivity index (χ4n) is 3.87. The summed E-state index contributed by atoms with van der Waals surface area (Å²) in [6.45, 7) is 0.290. The summed E-state index contributed by atoms with van der Waals surface area (Å²) in [6.07, 6.45) is 5.26. The van der Waals surface area contributed by atoms with E-state index in [2.05, 4.69) is 26.2 Å². The lowest BCUT2D eigenvalue weighted by atomic mass is 9.91. The van der Waals surface area contributed by atoms with Crippen molar-refractivity contribution >= 4 is 27.7 Å². The number of hydrogen-bond acceptors (Lipinski definition) is 6. The third kappa shape index (κ3) is 7.03. The maximum Gasteiger partial charge on any atom is 0.251 e. The number of nitrogen functional groups attached to an aromatic ring is 1. The molecule has 9 heteroatoms. The molecule has 1 amide bonds. The molecule has 1 fully saturated rings. The minimum absolute atomic E-state index is 0.0167. The van der Waals surface area contributed by atoms with Crippen LogP contribution in [0.5, 0.6) is 17.2 Å². The predicted molar refractivity (Wildman–Crippen MR) is 138 cm³/mol. The number of halogens is 1. The zero-order valence-electron chi connectivity index (χ0n) is 19.2. The van der Waals surface area contributed by atoms with Gasteiger partial charge in [-0.2, -0.15) is 0 Å². The quantitative estimate of drug-likeness (QED) is 0.189. The van der Waals surface area contributed by atoms with Crippen LogP contribution in [0.3, 0.4) is 0 Å². The Bertz CT molecular complexity index is 1180. The Morgan fingerprint density at radius 2 is 1.71 bits per heavy atom. The Labute approximate surface area is 212 Å². The Morgan fingerprint density at radius 3 is 2.37 bits per heavy atom. The summed E-state index contributed by atoms with van der Waals surface area (Å²) in [5.41, 5.74) is 13.5. The summed E-state index contributed by atoms with van der Waals surface area (Å²) < 4.78 is 12.7. The van der Waals surface area contributed by atoms with E-state index in [1.165, 1.54) is 0 Å². The fraction of sp³-hybridized carbons (Fsp3) is 0.269. The second-order valence-corrected chi connectivity index (χ2v) is 9.41. The molecule has 1 saturated carbocycles. The second-order valence-electron chi connectivity index (χ2n) is 8.60. The van der Waals surface area contributed by atoms with Gasteiger partial charge < -0.3 is 26.3 Å². The highest BCUT2D eigenvalue weighted by atomic mass is 79.9. The lowest BCUT2D eigenvalue weighted by Crippen LogP contribution is -2.40. The number of nitrogens with one attached hydrogen (secondary N) is 2. The first-order chi connectivity index (χ1) is 16.9. The number of ether oxygens (including phenoxy) is 2. The molecule has 1 aliphatic carbocycles. The topological polar surface area (TPSA) is 136 Å². The maximum absolute atomic E-state index is 13.1. The van der Waals surface area contributed by atoms with Crippen LogP contribution in [0.4, 0.5) is 0 Å². The first-order valence-electron chi connectivity index (χ1n) is 11.4. The van der Waals surface area contributed by atoms with Gasteiger partial charge in [0.25, 0.3) is 5.91 Å². The molecule has 0 unspecified atom stereocenters. The van der Waals surface area contributed by atoms with Crippen LogP contribution in [0.2, 0.25) is 0 Å². The molecule has 0 bridgehead atoms. The van der Waals surface area contributed by atoms with Gasteiger partial charge in [-0.15, -0.1) is 0 Å². The third-order valence-electron chi connectivity index (χ3n) is 5.84. The van der Waals surface area contributed by atoms with Crippen molar-refractivity contribution in [3.63, 3.8) is 0 Å². The number of amidine groups is 1. The Kier molecular flexibility index (Phi) is 7.99. The smallest absolute Gasteiger partial charge is 0.251 e. The average Bonchev–Trinajstić information content (AvgIpc) is 2.85. The minimum atomic E-state index is -0.182. The Hall–Kier alpha value is -3.43. The number of carbonyl (C=O) groups excluding carboxylic acids is 1. The molecule has 0 aliphatic heterocycles. The van der Waals surface area contributed by atoms with Crippen LogP contribution in [0.1, 0.15) is 47.2 Å². The van der Waals surface area contributed by atoms with E-state index in [9.17, 15) is 4.79 Å². The van der Waals surface area contributed by atoms with E-state index in [4.69, 9.17) is 26.4 Å². The number of aromatic nitrogens is 1. The molecule has 1 aromatic heterocycles. The molecule has 4 rings (SSSR count). The molecule has 2 aromatic carbocycles. The normalized spacial score (nSPS) is 17.4. The van der Waals surface area contributed by atoms with Gasteiger partial charge >= 0.3 is 0 Å². The summed E-state index contributed by atoms with van der Waals surface area (Å²) in [7, 11) is 0. The second kappa shape index (κ2) is 11.3. The Balaban J connectivity index is 1.53. The number of pyridine rings is 1. The van der Waals surface area contributed by atoms with E-state index >= 15 is 0 Å². The number of nitrogens with two attached hydrogens (primary N) is 2. The molecule has 6 N–H and O–H groups in total. The van der Waals surface area contributed by atoms with Crippen molar-refractivity contribution in [3.05, 3.63) is 82.1 Å². The molecule has 182 valence electrons. The van der Waals surface area contributed by atoms with Crippen LogP contribution < -0.4 is 26.3 Å². The van der Waals surface area contributed by atoms with Gasteiger partial charge in [0.05, 0.1) is 0 Å². The summed E-state index contributed by atoms with van der Waals surface area (Å²) in [5.74, 6) is 1.32. The first kappa shape index (κ1) is 24.7. The average molecular weight is 538 g/mol. The van der Waals surface area contributed by atoms with E-state index in [1.807, 2.05) is 12.1 Å². The monoisotopic (exact) mass is 537 g/mol. The standard InChI is InChI=1S/C26H28BrN5O3/c27-24-10-1-16(14-31-24)15-34-22-11-18(26(33)32-20-6-4-19(28)5-7-20)12-23(13-22)35-21-8-2-17(3-9-21)25(29)30/h1-3,8-14,19-20H,4-7,15,28H2,(H3,29,30)(H,32,33). The molecule has 0 saturated heterocycles. The van der Waals surface area contributed by atoms with Gasteiger partial charge in [-0.25, -0.2) is 4.98 Å². The van der Waals surface area contributed by atoms with Crippen molar-refractivity contribution in [2.45, 2.75) is 44.4 Å². The van der Waals surface area contributed by atoms with Crippen LogP contribution in [0.15, 0.2) is 65.4 Å². The van der Waals surface area contributed by atoms with Crippen LogP contribution in [-0.2, 0) is 6.61 Å². The molecular formula is C26H28BrN5O3. The molecule has 0 spiro atoms. The van der Waals surface area contributed by atoms with Gasteiger partial charge in [-0.3, -0.25) is 10.2 Å². The van der Waals surface area contributed by atoms with Crippen molar-refractivity contribution in [2.75, 3.05) is 0 Å². The number of amides is 1. The highest BCUT2D eigenvalue weighted by Crippen LogP contribution is 2.29. The van der Waals surface area contributed by atoms with Gasteiger partial charge in [-0.1, -0.05) is 6.07 Å². The molecule has 0 atom stereocenters. The van der Waals surface area contributed by atoms with Gasteiger partial charge in [0.2, 0.25) is 0 Å². The SMILES string of the molecule is N=C(N)c1ccc(Oc2cc(OCc3ccc(Br)nc3)cc(C(=O)NC3CCC(N)CC3)c2)cc1. The molecule has 8 nitrogen and oxygen atoms in total. The van der Waals surface area contributed by atoms with Crippen molar-refractivity contribution < 1.29 is 14.3 Å². The van der Waals surface area contributed by atoms with Gasteiger partial charge in [0.15, 0.2) is 0 Å². The predicted octanol–water partition coefficient (Wildman–Crippen LogP) is 4.50. The van der Waals surface area contributed by atoms with E-state index in [-0.39, 0.29) is 23.8 Å². The van der Waals surface area contributed by atoms with Crippen LogP contribution in [0.25, 0.3) is 0 Å². The minimum Gasteiger partial charge on any atom is -0.489 e. The summed E-state index contributed by atoms with van der Waals surface area (Å²) >= 11 is 3.33. The lowest BCUT2D eigenvalue weighted by molar-refractivity contribution is 0.0925. The zero-order valence-corrected chi connectivity index (χ0v) is 20.8. The van der Waals surface area contributed by atoms with Crippen molar-refractivity contribution in [1.29, 1.82) is 5.41 Å². The molecule has 1 heterocycles. The van der Waals surface area contributed by atoms with Crippen LogP contribution in [-0.4, -0.2) is 28.8 Å². The van der Waals surface area contributed by atoms with E-state index in [1.54, 1.807) is 48.7 Å². The summed E-state index contributed by atoms with van der Waals surface area (Å²) in [5, 5.41) is 10.7. The largest absolute Gasteiger partial charge is 0.489 e. The molecule has 3 aromatic rings. The molecule has 1 aliphatic rings. The van der Waals surface area contributed by atoms with Gasteiger partial charge in [0.1, 0.15) is 34.3 Å². The van der Waals surface area contributed by atoms with Crippen LogP contribution in [0, 0.1) is 5.41 Å². The third-order valence-corrected chi connectivity index (χ3v) is 6.31. The summed E-state index contributed by atoms with van der Waals surface area (Å²) in [4.78, 5) is 17.3. The van der Waals surface area contributed by atoms with Crippen molar-refractivity contribution in [2.24, 2.45) is 11.5 Å². The lowest BCUT2D eigenvalue weighted by Gasteiger charge is -2.26. The first-order valence-corrected chi connectivity index (χ1v) is 12.2. The molecular weight excluding hydrogens is 510 g/mol. The van der Waals surface area contributed by atoms with Crippen LogP contribution >= 0.6 is 15.9 Å². The highest BCUT2D eigenvalue weighted by Gasteiger charge is 2.21. The van der Waals surface area contributed by atoms with Crippen molar-refractivity contribution in [3.8, 4) is 17.2 Å². The number of carbonyl (C=O) groups is 1. The highest BCUT2D eigenvalue weighted by molar-refractivity contribution is 9.10. The number of rotatable bonds is 8. The zero-order chi connectivity index (χ0) is 24.8. The van der Waals surface area contributed by atoms with E-state index in [0.717, 1.165) is 35.8 Å².